The van der Waals surface area contributed by atoms with E-state index in [9.17, 15) is 0 Å². The van der Waals surface area contributed by atoms with Crippen molar-refractivity contribution in [2.45, 2.75) is 19.9 Å². The lowest BCUT2D eigenvalue weighted by Crippen LogP contribution is -2.37. The van der Waals surface area contributed by atoms with Crippen LogP contribution in [-0.2, 0) is 4.74 Å². The van der Waals surface area contributed by atoms with E-state index >= 15 is 0 Å². The Bertz CT molecular complexity index is 333. The van der Waals surface area contributed by atoms with Gasteiger partial charge in [0.1, 0.15) is 0 Å². The van der Waals surface area contributed by atoms with Crippen molar-refractivity contribution in [3.05, 3.63) is 10.6 Å². The van der Waals surface area contributed by atoms with Gasteiger partial charge < -0.3 is 10.5 Å². The van der Waals surface area contributed by atoms with Gasteiger partial charge in [0.25, 0.3) is 0 Å². The fourth-order valence-electron chi connectivity index (χ4n) is 1.95. The Labute approximate surface area is 94.1 Å². The molecule has 0 saturated carbocycles. The van der Waals surface area contributed by atoms with Gasteiger partial charge in [-0.1, -0.05) is 0 Å². The molecule has 1 atom stereocenters. The summed E-state index contributed by atoms with van der Waals surface area (Å²) in [5.41, 5.74) is 6.78. The number of aromatic nitrogens is 1. The lowest BCUT2D eigenvalue weighted by Gasteiger charge is -2.31. The second-order valence-electron chi connectivity index (χ2n) is 3.83. The number of nitrogens with zero attached hydrogens (tertiary/aromatic N) is 2. The normalized spacial score (nSPS) is 20.4. The molecule has 0 bridgehead atoms. The van der Waals surface area contributed by atoms with Crippen molar-refractivity contribution in [1.82, 2.24) is 9.88 Å². The maximum absolute atomic E-state index is 5.71. The minimum atomic E-state index is 0.406. The van der Waals surface area contributed by atoms with Gasteiger partial charge >= 0.3 is 0 Å². The topological polar surface area (TPSA) is 51.4 Å². The van der Waals surface area contributed by atoms with E-state index in [1.165, 1.54) is 4.88 Å². The Morgan fingerprint density at radius 2 is 2.13 bits per heavy atom. The zero-order valence-corrected chi connectivity index (χ0v) is 10.0. The number of nitrogen functional groups attached to an aromatic ring is 1. The summed E-state index contributed by atoms with van der Waals surface area (Å²) < 4.78 is 5.34. The Kier molecular flexibility index (Phi) is 3.23. The molecule has 0 radical (unpaired) electrons. The van der Waals surface area contributed by atoms with Crippen molar-refractivity contribution in [3.8, 4) is 0 Å². The average Bonchev–Trinajstić information content (AvgIpc) is 2.58. The predicted octanol–water partition coefficient (Wildman–Crippen LogP) is 1.43. The smallest absolute Gasteiger partial charge is 0.180 e. The summed E-state index contributed by atoms with van der Waals surface area (Å²) in [4.78, 5) is 7.97. The first-order valence-electron chi connectivity index (χ1n) is 5.23. The molecule has 0 aromatic carbocycles. The van der Waals surface area contributed by atoms with Gasteiger partial charge in [0, 0.05) is 24.0 Å². The molecule has 1 aliphatic rings. The SMILES string of the molecule is Cc1nc(N)sc1C(C)N1CCOCC1. The number of hydrogen-bond donors (Lipinski definition) is 1. The molecule has 1 saturated heterocycles. The lowest BCUT2D eigenvalue weighted by atomic mass is 10.2. The lowest BCUT2D eigenvalue weighted by molar-refractivity contribution is 0.0204. The quantitative estimate of drug-likeness (QED) is 0.830. The van der Waals surface area contributed by atoms with E-state index in [1.54, 1.807) is 11.3 Å². The summed E-state index contributed by atoms with van der Waals surface area (Å²) in [7, 11) is 0. The minimum Gasteiger partial charge on any atom is -0.379 e. The molecule has 1 aromatic rings. The van der Waals surface area contributed by atoms with Crippen LogP contribution in [0.2, 0.25) is 0 Å². The molecule has 2 N–H and O–H groups in total. The van der Waals surface area contributed by atoms with Crippen LogP contribution in [0.25, 0.3) is 0 Å². The third-order valence-electron chi connectivity index (χ3n) is 2.82. The Morgan fingerprint density at radius 3 is 2.67 bits per heavy atom. The average molecular weight is 227 g/mol. The highest BCUT2D eigenvalue weighted by atomic mass is 32.1. The molecular formula is C10H17N3OS. The zero-order valence-electron chi connectivity index (χ0n) is 9.19. The number of ether oxygens (including phenoxy) is 1. The molecule has 2 heterocycles. The fraction of sp³-hybridized carbons (Fsp3) is 0.700. The van der Waals surface area contributed by atoms with Gasteiger partial charge in [-0.05, 0) is 13.8 Å². The number of morpholine rings is 1. The summed E-state index contributed by atoms with van der Waals surface area (Å²) in [6.07, 6.45) is 0. The van der Waals surface area contributed by atoms with Crippen molar-refractivity contribution in [2.75, 3.05) is 32.0 Å². The van der Waals surface area contributed by atoms with Crippen LogP contribution in [-0.4, -0.2) is 36.2 Å². The summed E-state index contributed by atoms with van der Waals surface area (Å²) >= 11 is 1.60. The zero-order chi connectivity index (χ0) is 10.8. The van der Waals surface area contributed by atoms with Crippen molar-refractivity contribution in [1.29, 1.82) is 0 Å². The summed E-state index contributed by atoms with van der Waals surface area (Å²) in [5.74, 6) is 0. The van der Waals surface area contributed by atoms with Gasteiger partial charge in [0.05, 0.1) is 18.9 Å². The van der Waals surface area contributed by atoms with Crippen molar-refractivity contribution in [2.24, 2.45) is 0 Å². The van der Waals surface area contributed by atoms with Crippen LogP contribution in [0.5, 0.6) is 0 Å². The van der Waals surface area contributed by atoms with Crippen molar-refractivity contribution in [3.63, 3.8) is 0 Å². The maximum Gasteiger partial charge on any atom is 0.180 e. The number of hydrogen-bond acceptors (Lipinski definition) is 5. The summed E-state index contributed by atoms with van der Waals surface area (Å²) in [6, 6.07) is 0.406. The number of thiazole rings is 1. The van der Waals surface area contributed by atoms with Gasteiger partial charge in [0.2, 0.25) is 0 Å². The highest BCUT2D eigenvalue weighted by molar-refractivity contribution is 7.15. The molecule has 1 aliphatic heterocycles. The van der Waals surface area contributed by atoms with E-state index in [-0.39, 0.29) is 0 Å². The largest absolute Gasteiger partial charge is 0.379 e. The first-order valence-corrected chi connectivity index (χ1v) is 6.04. The molecule has 2 rings (SSSR count). The highest BCUT2D eigenvalue weighted by Gasteiger charge is 2.21. The molecule has 1 fully saturated rings. The first kappa shape index (κ1) is 10.9. The molecule has 84 valence electrons. The molecule has 0 spiro atoms. The molecule has 15 heavy (non-hydrogen) atoms. The van der Waals surface area contributed by atoms with E-state index in [4.69, 9.17) is 10.5 Å². The van der Waals surface area contributed by atoms with Crippen LogP contribution in [0.1, 0.15) is 23.5 Å². The van der Waals surface area contributed by atoms with E-state index < -0.39 is 0 Å². The summed E-state index contributed by atoms with van der Waals surface area (Å²) in [5, 5.41) is 0.669. The molecular weight excluding hydrogens is 210 g/mol. The molecule has 1 aromatic heterocycles. The summed E-state index contributed by atoms with van der Waals surface area (Å²) in [6.45, 7) is 7.90. The first-order chi connectivity index (χ1) is 7.18. The van der Waals surface area contributed by atoms with Crippen molar-refractivity contribution >= 4 is 16.5 Å². The third kappa shape index (κ3) is 2.30. The highest BCUT2D eigenvalue weighted by Crippen LogP contribution is 2.30. The van der Waals surface area contributed by atoms with Crippen LogP contribution in [0, 0.1) is 6.92 Å². The number of aryl methyl sites for hydroxylation is 1. The van der Waals surface area contributed by atoms with Gasteiger partial charge in [-0.15, -0.1) is 11.3 Å². The molecule has 0 amide bonds. The molecule has 1 unspecified atom stereocenters. The Morgan fingerprint density at radius 1 is 1.47 bits per heavy atom. The standard InChI is InChI=1S/C10H17N3OS/c1-7-9(15-10(11)12-7)8(2)13-3-5-14-6-4-13/h8H,3-6H2,1-2H3,(H2,11,12). The third-order valence-corrected chi connectivity index (χ3v) is 3.98. The second-order valence-corrected chi connectivity index (χ2v) is 4.89. The van der Waals surface area contributed by atoms with Crippen LogP contribution in [0.4, 0.5) is 5.13 Å². The fourth-order valence-corrected chi connectivity index (χ4v) is 2.87. The predicted molar refractivity (Wildman–Crippen MR) is 62.1 cm³/mol. The molecule has 5 heteroatoms. The molecule has 0 aliphatic carbocycles. The van der Waals surface area contributed by atoms with E-state index in [0.717, 1.165) is 32.0 Å². The van der Waals surface area contributed by atoms with E-state index in [2.05, 4.69) is 16.8 Å². The van der Waals surface area contributed by atoms with Gasteiger partial charge in [-0.25, -0.2) is 4.98 Å². The van der Waals surface area contributed by atoms with E-state index in [1.807, 2.05) is 6.92 Å². The van der Waals surface area contributed by atoms with Crippen LogP contribution in [0.15, 0.2) is 0 Å². The number of rotatable bonds is 2. The van der Waals surface area contributed by atoms with Crippen molar-refractivity contribution < 1.29 is 4.74 Å². The van der Waals surface area contributed by atoms with Crippen LogP contribution >= 0.6 is 11.3 Å². The minimum absolute atomic E-state index is 0.406. The van der Waals surface area contributed by atoms with E-state index in [0.29, 0.717) is 11.2 Å². The van der Waals surface area contributed by atoms with Crippen LogP contribution in [0.3, 0.4) is 0 Å². The Hall–Kier alpha value is -0.650. The molecule has 4 nitrogen and oxygen atoms in total. The van der Waals surface area contributed by atoms with Gasteiger partial charge in [0.15, 0.2) is 5.13 Å². The monoisotopic (exact) mass is 227 g/mol. The Balaban J connectivity index is 2.12. The number of nitrogens with two attached hydrogens (primary N) is 1. The maximum atomic E-state index is 5.71. The van der Waals surface area contributed by atoms with Crippen LogP contribution < -0.4 is 5.73 Å². The number of anilines is 1. The van der Waals surface area contributed by atoms with Gasteiger partial charge in [-0.2, -0.15) is 0 Å². The second kappa shape index (κ2) is 4.47. The van der Waals surface area contributed by atoms with Gasteiger partial charge in [-0.3, -0.25) is 4.90 Å².